The third-order valence-corrected chi connectivity index (χ3v) is 3.61. The standard InChI is InChI=1S/C18H30O5/c1-16-3-5-17(6-4-16)7-8-21-9-10-22-11-12-23-15-18(2,13-19)14-20/h3-6,19-20H,7-15H2,1-2H3. The first-order valence-electron chi connectivity index (χ1n) is 8.10. The molecule has 0 radical (unpaired) electrons. The van der Waals surface area contributed by atoms with Crippen molar-refractivity contribution in [3.05, 3.63) is 35.4 Å². The number of aliphatic hydroxyl groups is 2. The summed E-state index contributed by atoms with van der Waals surface area (Å²) >= 11 is 0. The van der Waals surface area contributed by atoms with Gasteiger partial charge in [-0.3, -0.25) is 0 Å². The summed E-state index contributed by atoms with van der Waals surface area (Å²) in [7, 11) is 0. The first-order valence-corrected chi connectivity index (χ1v) is 8.10. The third-order valence-electron chi connectivity index (χ3n) is 3.61. The minimum absolute atomic E-state index is 0.0980. The second kappa shape index (κ2) is 11.5. The molecule has 0 heterocycles. The highest BCUT2D eigenvalue weighted by molar-refractivity contribution is 5.21. The SMILES string of the molecule is Cc1ccc(CCOCCOCCOCC(C)(CO)CO)cc1. The Hall–Kier alpha value is -0.980. The molecule has 0 aliphatic heterocycles. The Morgan fingerprint density at radius 2 is 1.35 bits per heavy atom. The topological polar surface area (TPSA) is 68.2 Å². The number of hydrogen-bond acceptors (Lipinski definition) is 5. The maximum Gasteiger partial charge on any atom is 0.0701 e. The predicted molar refractivity (Wildman–Crippen MR) is 89.6 cm³/mol. The molecular formula is C18H30O5. The van der Waals surface area contributed by atoms with Gasteiger partial charge in [0.1, 0.15) is 0 Å². The Morgan fingerprint density at radius 3 is 1.91 bits per heavy atom. The first kappa shape index (κ1) is 20.1. The Labute approximate surface area is 139 Å². The van der Waals surface area contributed by atoms with Gasteiger partial charge in [-0.15, -0.1) is 0 Å². The van der Waals surface area contributed by atoms with Gasteiger partial charge in [-0.2, -0.15) is 0 Å². The molecule has 0 atom stereocenters. The minimum atomic E-state index is -0.584. The van der Waals surface area contributed by atoms with Crippen LogP contribution in [0.3, 0.4) is 0 Å². The van der Waals surface area contributed by atoms with Crippen LogP contribution >= 0.6 is 0 Å². The number of rotatable bonds is 13. The molecule has 0 bridgehead atoms. The summed E-state index contributed by atoms with van der Waals surface area (Å²) in [5.74, 6) is 0. The Balaban J connectivity index is 1.91. The number of benzene rings is 1. The van der Waals surface area contributed by atoms with Crippen molar-refractivity contribution >= 4 is 0 Å². The van der Waals surface area contributed by atoms with Crippen LogP contribution in [0.1, 0.15) is 18.1 Å². The summed E-state index contributed by atoms with van der Waals surface area (Å²) in [6, 6.07) is 8.46. The smallest absolute Gasteiger partial charge is 0.0701 e. The molecular weight excluding hydrogens is 296 g/mol. The molecule has 0 saturated carbocycles. The van der Waals surface area contributed by atoms with E-state index in [0.717, 1.165) is 6.42 Å². The maximum absolute atomic E-state index is 9.12. The zero-order chi connectivity index (χ0) is 17.0. The lowest BCUT2D eigenvalue weighted by molar-refractivity contribution is -0.0379. The fourth-order valence-electron chi connectivity index (χ4n) is 1.84. The van der Waals surface area contributed by atoms with Gasteiger partial charge in [-0.1, -0.05) is 36.8 Å². The van der Waals surface area contributed by atoms with Crippen LogP contribution < -0.4 is 0 Å². The summed E-state index contributed by atoms with van der Waals surface area (Å²) in [6.07, 6.45) is 0.907. The highest BCUT2D eigenvalue weighted by atomic mass is 16.5. The Morgan fingerprint density at radius 1 is 0.826 bits per heavy atom. The molecule has 0 fully saturated rings. The molecule has 0 spiro atoms. The van der Waals surface area contributed by atoms with Crippen molar-refractivity contribution in [1.29, 1.82) is 0 Å². The lowest BCUT2D eigenvalue weighted by Crippen LogP contribution is -2.32. The van der Waals surface area contributed by atoms with Gasteiger partial charge in [0, 0.05) is 5.41 Å². The molecule has 0 amide bonds. The summed E-state index contributed by atoms with van der Waals surface area (Å²) in [5, 5.41) is 18.2. The molecule has 2 N–H and O–H groups in total. The zero-order valence-electron chi connectivity index (χ0n) is 14.3. The average Bonchev–Trinajstić information content (AvgIpc) is 2.58. The molecule has 23 heavy (non-hydrogen) atoms. The van der Waals surface area contributed by atoms with Crippen molar-refractivity contribution in [2.45, 2.75) is 20.3 Å². The van der Waals surface area contributed by atoms with Crippen molar-refractivity contribution in [2.24, 2.45) is 5.41 Å². The largest absolute Gasteiger partial charge is 0.396 e. The molecule has 0 unspecified atom stereocenters. The van der Waals surface area contributed by atoms with E-state index in [4.69, 9.17) is 24.4 Å². The summed E-state index contributed by atoms with van der Waals surface area (Å²) in [5.41, 5.74) is 1.96. The zero-order valence-corrected chi connectivity index (χ0v) is 14.3. The molecule has 0 saturated heterocycles. The second-order valence-electron chi connectivity index (χ2n) is 6.14. The van der Waals surface area contributed by atoms with Crippen LogP contribution in [-0.2, 0) is 20.6 Å². The van der Waals surface area contributed by atoms with Crippen LogP contribution in [-0.4, -0.2) is 63.1 Å². The van der Waals surface area contributed by atoms with E-state index in [2.05, 4.69) is 31.2 Å². The molecule has 132 valence electrons. The van der Waals surface area contributed by atoms with Gasteiger partial charge in [-0.25, -0.2) is 0 Å². The van der Waals surface area contributed by atoms with Gasteiger partial charge in [0.25, 0.3) is 0 Å². The number of ether oxygens (including phenoxy) is 3. The van der Waals surface area contributed by atoms with Gasteiger partial charge in [0.2, 0.25) is 0 Å². The molecule has 5 nitrogen and oxygen atoms in total. The maximum atomic E-state index is 9.12. The fourth-order valence-corrected chi connectivity index (χ4v) is 1.84. The van der Waals surface area contributed by atoms with Gasteiger partial charge < -0.3 is 24.4 Å². The molecule has 1 aromatic carbocycles. The lowest BCUT2D eigenvalue weighted by atomic mass is 9.95. The van der Waals surface area contributed by atoms with Crippen molar-refractivity contribution < 1.29 is 24.4 Å². The average molecular weight is 326 g/mol. The highest BCUT2D eigenvalue weighted by Gasteiger charge is 2.22. The van der Waals surface area contributed by atoms with Crippen molar-refractivity contribution in [3.63, 3.8) is 0 Å². The minimum Gasteiger partial charge on any atom is -0.396 e. The quantitative estimate of drug-likeness (QED) is 0.539. The van der Waals surface area contributed by atoms with Crippen LogP contribution in [0.15, 0.2) is 24.3 Å². The molecule has 0 aromatic heterocycles. The fraction of sp³-hybridized carbons (Fsp3) is 0.667. The molecule has 0 aliphatic carbocycles. The number of hydrogen-bond donors (Lipinski definition) is 2. The van der Waals surface area contributed by atoms with E-state index in [1.54, 1.807) is 6.92 Å². The normalized spacial score (nSPS) is 11.8. The van der Waals surface area contributed by atoms with Crippen molar-refractivity contribution in [1.82, 2.24) is 0 Å². The molecule has 1 rings (SSSR count). The Bertz CT molecular complexity index is 400. The van der Waals surface area contributed by atoms with Crippen molar-refractivity contribution in [2.75, 3.05) is 52.9 Å². The first-order chi connectivity index (χ1) is 11.1. The van der Waals surface area contributed by atoms with E-state index in [1.807, 2.05) is 0 Å². The van der Waals surface area contributed by atoms with E-state index in [-0.39, 0.29) is 13.2 Å². The lowest BCUT2D eigenvalue weighted by Gasteiger charge is -2.24. The monoisotopic (exact) mass is 326 g/mol. The van der Waals surface area contributed by atoms with E-state index in [9.17, 15) is 0 Å². The Kier molecular flexibility index (Phi) is 10.1. The van der Waals surface area contributed by atoms with Gasteiger partial charge >= 0.3 is 0 Å². The van der Waals surface area contributed by atoms with Crippen molar-refractivity contribution in [3.8, 4) is 0 Å². The van der Waals surface area contributed by atoms with Crippen LogP contribution in [0.2, 0.25) is 0 Å². The predicted octanol–water partition coefficient (Wildman–Crippen LogP) is 1.58. The second-order valence-corrected chi connectivity index (χ2v) is 6.14. The van der Waals surface area contributed by atoms with Crippen LogP contribution in [0.25, 0.3) is 0 Å². The van der Waals surface area contributed by atoms with Gasteiger partial charge in [-0.05, 0) is 18.9 Å². The highest BCUT2D eigenvalue weighted by Crippen LogP contribution is 2.13. The van der Waals surface area contributed by atoms with Crippen LogP contribution in [0, 0.1) is 12.3 Å². The van der Waals surface area contributed by atoms with E-state index in [1.165, 1.54) is 11.1 Å². The van der Waals surface area contributed by atoms with Gasteiger partial charge in [0.15, 0.2) is 0 Å². The number of aryl methyl sites for hydroxylation is 1. The summed E-state index contributed by atoms with van der Waals surface area (Å²) in [4.78, 5) is 0. The van der Waals surface area contributed by atoms with E-state index < -0.39 is 5.41 Å². The van der Waals surface area contributed by atoms with E-state index in [0.29, 0.717) is 39.6 Å². The third kappa shape index (κ3) is 9.03. The molecule has 1 aromatic rings. The molecule has 5 heteroatoms. The van der Waals surface area contributed by atoms with Crippen LogP contribution in [0.5, 0.6) is 0 Å². The van der Waals surface area contributed by atoms with Crippen LogP contribution in [0.4, 0.5) is 0 Å². The molecule has 0 aliphatic rings. The van der Waals surface area contributed by atoms with Gasteiger partial charge in [0.05, 0.1) is 52.9 Å². The van der Waals surface area contributed by atoms with E-state index >= 15 is 0 Å². The summed E-state index contributed by atoms with van der Waals surface area (Å²) < 4.78 is 16.3. The number of aliphatic hydroxyl groups excluding tert-OH is 2. The summed E-state index contributed by atoms with van der Waals surface area (Å²) in [6.45, 7) is 6.69.